The second-order valence-corrected chi connectivity index (χ2v) is 5.42. The van der Waals surface area contributed by atoms with Crippen LogP contribution in [0.15, 0.2) is 18.2 Å². The van der Waals surface area contributed by atoms with Gasteiger partial charge < -0.3 is 10.5 Å². The van der Waals surface area contributed by atoms with Crippen molar-refractivity contribution in [2.45, 2.75) is 43.7 Å². The molecule has 1 spiro atoms. The topological polar surface area (TPSA) is 35.2 Å². The molecule has 1 aromatic rings. The fourth-order valence-corrected chi connectivity index (χ4v) is 3.19. The zero-order chi connectivity index (χ0) is 11.2. The minimum atomic E-state index is 0.0141. The van der Waals surface area contributed by atoms with E-state index in [0.29, 0.717) is 0 Å². The Morgan fingerprint density at radius 3 is 2.81 bits per heavy atom. The zero-order valence-electron chi connectivity index (χ0n) is 9.21. The van der Waals surface area contributed by atoms with Crippen molar-refractivity contribution in [3.63, 3.8) is 0 Å². The molecule has 2 N–H and O–H groups in total. The molecule has 1 fully saturated rings. The quantitative estimate of drug-likeness (QED) is 0.750. The summed E-state index contributed by atoms with van der Waals surface area (Å²) in [6.07, 6.45) is 5.73. The number of hydrogen-bond donors (Lipinski definition) is 1. The summed E-state index contributed by atoms with van der Waals surface area (Å²) < 4.78 is 6.17. The Hall–Kier alpha value is -0.730. The SMILES string of the molecule is NC1CC2(CCCC2)Oc2ccc(Cl)cc21. The van der Waals surface area contributed by atoms with Crippen LogP contribution in [0.4, 0.5) is 0 Å². The largest absolute Gasteiger partial charge is 0.487 e. The summed E-state index contributed by atoms with van der Waals surface area (Å²) in [7, 11) is 0. The van der Waals surface area contributed by atoms with Crippen LogP contribution in [0.25, 0.3) is 0 Å². The first-order valence-corrected chi connectivity index (χ1v) is 6.30. The molecular formula is C13H16ClNO. The Balaban J connectivity index is 1.99. The predicted molar refractivity (Wildman–Crippen MR) is 64.8 cm³/mol. The van der Waals surface area contributed by atoms with Gasteiger partial charge in [0, 0.05) is 23.0 Å². The normalized spacial score (nSPS) is 26.5. The Morgan fingerprint density at radius 1 is 1.31 bits per heavy atom. The van der Waals surface area contributed by atoms with Gasteiger partial charge in [-0.2, -0.15) is 0 Å². The minimum Gasteiger partial charge on any atom is -0.487 e. The van der Waals surface area contributed by atoms with Gasteiger partial charge >= 0.3 is 0 Å². The Kier molecular flexibility index (Phi) is 2.37. The molecule has 3 rings (SSSR count). The van der Waals surface area contributed by atoms with Crippen LogP contribution >= 0.6 is 11.6 Å². The summed E-state index contributed by atoms with van der Waals surface area (Å²) in [5.74, 6) is 0.935. The number of nitrogens with two attached hydrogens (primary N) is 1. The van der Waals surface area contributed by atoms with Crippen molar-refractivity contribution >= 4 is 11.6 Å². The van der Waals surface area contributed by atoms with Crippen LogP contribution in [0.5, 0.6) is 5.75 Å². The van der Waals surface area contributed by atoms with E-state index in [2.05, 4.69) is 0 Å². The average Bonchev–Trinajstić information content (AvgIpc) is 2.68. The summed E-state index contributed by atoms with van der Waals surface area (Å²) in [6, 6.07) is 5.84. The van der Waals surface area contributed by atoms with Crippen molar-refractivity contribution in [1.29, 1.82) is 0 Å². The Bertz CT molecular complexity index is 412. The molecule has 0 radical (unpaired) electrons. The lowest BCUT2D eigenvalue weighted by Crippen LogP contribution is -2.40. The Morgan fingerprint density at radius 2 is 2.06 bits per heavy atom. The lowest BCUT2D eigenvalue weighted by atomic mass is 9.86. The number of hydrogen-bond acceptors (Lipinski definition) is 2. The molecule has 16 heavy (non-hydrogen) atoms. The minimum absolute atomic E-state index is 0.0141. The highest BCUT2D eigenvalue weighted by atomic mass is 35.5. The van der Waals surface area contributed by atoms with Crippen molar-refractivity contribution < 1.29 is 4.74 Å². The average molecular weight is 238 g/mol. The molecule has 0 saturated heterocycles. The molecule has 2 aliphatic rings. The summed E-state index contributed by atoms with van der Waals surface area (Å²) in [4.78, 5) is 0. The molecule has 1 heterocycles. The van der Waals surface area contributed by atoms with E-state index in [0.717, 1.165) is 35.6 Å². The molecule has 0 aromatic heterocycles. The molecule has 1 unspecified atom stereocenters. The lowest BCUT2D eigenvalue weighted by Gasteiger charge is -2.38. The molecule has 86 valence electrons. The summed E-state index contributed by atoms with van der Waals surface area (Å²) >= 11 is 5.98. The van der Waals surface area contributed by atoms with Crippen LogP contribution in [-0.2, 0) is 0 Å². The van der Waals surface area contributed by atoms with Crippen LogP contribution in [0.1, 0.15) is 43.7 Å². The van der Waals surface area contributed by atoms with Gasteiger partial charge in [0.1, 0.15) is 11.4 Å². The maximum absolute atomic E-state index is 6.23. The van der Waals surface area contributed by atoms with Gasteiger partial charge in [-0.25, -0.2) is 0 Å². The zero-order valence-corrected chi connectivity index (χ0v) is 9.96. The van der Waals surface area contributed by atoms with Crippen molar-refractivity contribution in [2.75, 3.05) is 0 Å². The molecule has 1 atom stereocenters. The molecule has 0 bridgehead atoms. The van der Waals surface area contributed by atoms with E-state index in [4.69, 9.17) is 22.1 Å². The van der Waals surface area contributed by atoms with Gasteiger partial charge in [0.2, 0.25) is 0 Å². The van der Waals surface area contributed by atoms with Gasteiger partial charge in [0.25, 0.3) is 0 Å². The van der Waals surface area contributed by atoms with E-state index in [1.54, 1.807) is 0 Å². The van der Waals surface area contributed by atoms with Gasteiger partial charge in [-0.05, 0) is 43.9 Å². The number of fused-ring (bicyclic) bond motifs is 1. The third kappa shape index (κ3) is 1.61. The van der Waals surface area contributed by atoms with Crippen molar-refractivity contribution in [3.05, 3.63) is 28.8 Å². The van der Waals surface area contributed by atoms with Crippen molar-refractivity contribution in [1.82, 2.24) is 0 Å². The van der Waals surface area contributed by atoms with Crippen LogP contribution in [0.2, 0.25) is 5.02 Å². The second-order valence-electron chi connectivity index (χ2n) is 4.98. The maximum atomic E-state index is 6.23. The van der Waals surface area contributed by atoms with E-state index in [9.17, 15) is 0 Å². The van der Waals surface area contributed by atoms with Crippen molar-refractivity contribution in [2.24, 2.45) is 5.73 Å². The molecule has 1 aliphatic heterocycles. The highest BCUT2D eigenvalue weighted by Crippen LogP contribution is 2.46. The van der Waals surface area contributed by atoms with Gasteiger partial charge in [0.15, 0.2) is 0 Å². The van der Waals surface area contributed by atoms with E-state index < -0.39 is 0 Å². The van der Waals surface area contributed by atoms with Gasteiger partial charge in [-0.1, -0.05) is 11.6 Å². The predicted octanol–water partition coefficient (Wildman–Crippen LogP) is 3.44. The highest BCUT2D eigenvalue weighted by molar-refractivity contribution is 6.30. The Labute approximate surface area is 101 Å². The van der Waals surface area contributed by atoms with Crippen molar-refractivity contribution in [3.8, 4) is 5.75 Å². The van der Waals surface area contributed by atoms with Crippen LogP contribution < -0.4 is 10.5 Å². The molecule has 1 aliphatic carbocycles. The van der Waals surface area contributed by atoms with Gasteiger partial charge in [-0.3, -0.25) is 0 Å². The van der Waals surface area contributed by atoms with Crippen LogP contribution in [0.3, 0.4) is 0 Å². The molecule has 1 saturated carbocycles. The molecule has 0 amide bonds. The molecule has 3 heteroatoms. The highest BCUT2D eigenvalue weighted by Gasteiger charge is 2.41. The first-order chi connectivity index (χ1) is 7.69. The first-order valence-electron chi connectivity index (χ1n) is 5.93. The van der Waals surface area contributed by atoms with Crippen LogP contribution in [-0.4, -0.2) is 5.60 Å². The van der Waals surface area contributed by atoms with Gasteiger partial charge in [-0.15, -0.1) is 0 Å². The first kappa shape index (κ1) is 10.4. The lowest BCUT2D eigenvalue weighted by molar-refractivity contribution is 0.0426. The van der Waals surface area contributed by atoms with E-state index in [1.165, 1.54) is 12.8 Å². The molecule has 1 aromatic carbocycles. The molecular weight excluding hydrogens is 222 g/mol. The third-order valence-corrected chi connectivity index (χ3v) is 4.04. The number of benzene rings is 1. The standard InChI is InChI=1S/C13H16ClNO/c14-9-3-4-12-10(7-9)11(15)8-13(16-12)5-1-2-6-13/h3-4,7,11H,1-2,5-6,8,15H2. The maximum Gasteiger partial charge on any atom is 0.125 e. The smallest absolute Gasteiger partial charge is 0.125 e. The van der Waals surface area contributed by atoms with E-state index >= 15 is 0 Å². The summed E-state index contributed by atoms with van der Waals surface area (Å²) in [6.45, 7) is 0. The fraction of sp³-hybridized carbons (Fsp3) is 0.538. The number of rotatable bonds is 0. The van der Waals surface area contributed by atoms with E-state index in [1.807, 2.05) is 18.2 Å². The van der Waals surface area contributed by atoms with Gasteiger partial charge in [0.05, 0.1) is 0 Å². The van der Waals surface area contributed by atoms with Crippen LogP contribution in [0, 0.1) is 0 Å². The van der Waals surface area contributed by atoms with E-state index in [-0.39, 0.29) is 11.6 Å². The summed E-state index contributed by atoms with van der Waals surface area (Å²) in [5, 5.41) is 0.736. The third-order valence-electron chi connectivity index (χ3n) is 3.80. The summed E-state index contributed by atoms with van der Waals surface area (Å²) in [5.41, 5.74) is 7.31. The fourth-order valence-electron chi connectivity index (χ4n) is 3.01. The molecule has 2 nitrogen and oxygen atoms in total. The monoisotopic (exact) mass is 237 g/mol. The number of halogens is 1. The number of ether oxygens (including phenoxy) is 1. The second kappa shape index (κ2) is 3.64.